The number of pyridine rings is 1. The van der Waals surface area contributed by atoms with Gasteiger partial charge in [0.05, 0.1) is 0 Å². The molecule has 0 saturated carbocycles. The van der Waals surface area contributed by atoms with Gasteiger partial charge in [-0.1, -0.05) is 6.07 Å². The standard InChI is InChI=1S/C12H13N5O2/c18-11(9-3-1-2-5-13-9)16-6-4-10-14-15-12(19)17(10)8-7-16/h1-3,5H,4,6-8H2,(H,15,19). The van der Waals surface area contributed by atoms with Crippen LogP contribution in [-0.4, -0.2) is 43.6 Å². The van der Waals surface area contributed by atoms with Gasteiger partial charge in [-0.05, 0) is 12.1 Å². The molecule has 1 amide bonds. The van der Waals surface area contributed by atoms with Crippen molar-refractivity contribution in [2.45, 2.75) is 13.0 Å². The van der Waals surface area contributed by atoms with Crippen LogP contribution >= 0.6 is 0 Å². The number of rotatable bonds is 1. The first-order chi connectivity index (χ1) is 9.25. The first-order valence-electron chi connectivity index (χ1n) is 6.10. The average molecular weight is 259 g/mol. The van der Waals surface area contributed by atoms with Crippen LogP contribution in [-0.2, 0) is 13.0 Å². The number of carbonyl (C=O) groups is 1. The third-order valence-corrected chi connectivity index (χ3v) is 3.21. The lowest BCUT2D eigenvalue weighted by atomic mass is 10.3. The number of H-pyrrole nitrogens is 1. The molecule has 0 spiro atoms. The van der Waals surface area contributed by atoms with E-state index in [9.17, 15) is 9.59 Å². The van der Waals surface area contributed by atoms with E-state index in [1.807, 2.05) is 0 Å². The van der Waals surface area contributed by atoms with Crippen molar-refractivity contribution in [1.29, 1.82) is 0 Å². The van der Waals surface area contributed by atoms with E-state index in [4.69, 9.17) is 0 Å². The van der Waals surface area contributed by atoms with Crippen LogP contribution in [0, 0.1) is 0 Å². The van der Waals surface area contributed by atoms with Gasteiger partial charge in [-0.25, -0.2) is 9.89 Å². The van der Waals surface area contributed by atoms with Crippen LogP contribution in [0.15, 0.2) is 29.2 Å². The Morgan fingerprint density at radius 2 is 2.16 bits per heavy atom. The Labute approximate surface area is 108 Å². The lowest BCUT2D eigenvalue weighted by Crippen LogP contribution is -2.34. The molecule has 7 nitrogen and oxygen atoms in total. The van der Waals surface area contributed by atoms with E-state index in [0.717, 1.165) is 0 Å². The second-order valence-corrected chi connectivity index (χ2v) is 4.35. The van der Waals surface area contributed by atoms with Gasteiger partial charge in [-0.15, -0.1) is 0 Å². The average Bonchev–Trinajstić information content (AvgIpc) is 2.68. The molecule has 1 aliphatic rings. The van der Waals surface area contributed by atoms with E-state index in [0.29, 0.717) is 37.6 Å². The van der Waals surface area contributed by atoms with Gasteiger partial charge in [0.15, 0.2) is 0 Å². The molecule has 0 aromatic carbocycles. The topological polar surface area (TPSA) is 83.9 Å². The highest BCUT2D eigenvalue weighted by Gasteiger charge is 2.21. The van der Waals surface area contributed by atoms with Gasteiger partial charge < -0.3 is 4.90 Å². The fraction of sp³-hybridized carbons (Fsp3) is 0.333. The summed E-state index contributed by atoms with van der Waals surface area (Å²) >= 11 is 0. The van der Waals surface area contributed by atoms with Crippen LogP contribution in [0.3, 0.4) is 0 Å². The van der Waals surface area contributed by atoms with Crippen molar-refractivity contribution in [3.05, 3.63) is 46.4 Å². The van der Waals surface area contributed by atoms with Crippen LogP contribution in [0.2, 0.25) is 0 Å². The maximum atomic E-state index is 12.3. The van der Waals surface area contributed by atoms with E-state index < -0.39 is 0 Å². The SMILES string of the molecule is O=C(c1ccccn1)N1CCc2n[nH]c(=O)n2CC1. The maximum absolute atomic E-state index is 12.3. The number of aromatic nitrogens is 4. The Kier molecular flexibility index (Phi) is 2.86. The minimum absolute atomic E-state index is 0.109. The molecule has 0 fully saturated rings. The fourth-order valence-corrected chi connectivity index (χ4v) is 2.19. The van der Waals surface area contributed by atoms with Crippen molar-refractivity contribution in [3.63, 3.8) is 0 Å². The van der Waals surface area contributed by atoms with Crippen LogP contribution in [0.5, 0.6) is 0 Å². The van der Waals surface area contributed by atoms with E-state index in [-0.39, 0.29) is 11.6 Å². The maximum Gasteiger partial charge on any atom is 0.343 e. The molecule has 19 heavy (non-hydrogen) atoms. The first-order valence-corrected chi connectivity index (χ1v) is 6.10. The van der Waals surface area contributed by atoms with Crippen LogP contribution in [0.1, 0.15) is 16.3 Å². The molecule has 1 N–H and O–H groups in total. The summed E-state index contributed by atoms with van der Waals surface area (Å²) in [7, 11) is 0. The molecule has 2 aromatic heterocycles. The summed E-state index contributed by atoms with van der Waals surface area (Å²) < 4.78 is 1.58. The zero-order valence-electron chi connectivity index (χ0n) is 10.2. The molecule has 0 bridgehead atoms. The Morgan fingerprint density at radius 3 is 2.95 bits per heavy atom. The zero-order chi connectivity index (χ0) is 13.2. The molecular weight excluding hydrogens is 246 g/mol. The molecule has 0 atom stereocenters. The molecule has 0 unspecified atom stereocenters. The van der Waals surface area contributed by atoms with Gasteiger partial charge >= 0.3 is 5.69 Å². The number of amides is 1. The predicted molar refractivity (Wildman–Crippen MR) is 66.7 cm³/mol. The molecule has 98 valence electrons. The summed E-state index contributed by atoms with van der Waals surface area (Å²) in [4.78, 5) is 29.5. The normalized spacial score (nSPS) is 14.8. The van der Waals surface area contributed by atoms with E-state index >= 15 is 0 Å². The van der Waals surface area contributed by atoms with Gasteiger partial charge in [0, 0.05) is 32.3 Å². The van der Waals surface area contributed by atoms with Crippen LogP contribution in [0.25, 0.3) is 0 Å². The Morgan fingerprint density at radius 1 is 1.26 bits per heavy atom. The van der Waals surface area contributed by atoms with E-state index in [1.54, 1.807) is 33.9 Å². The Hall–Kier alpha value is -2.44. The highest BCUT2D eigenvalue weighted by Crippen LogP contribution is 2.07. The molecule has 1 aliphatic heterocycles. The van der Waals surface area contributed by atoms with Gasteiger partial charge in [0.2, 0.25) is 0 Å². The monoisotopic (exact) mass is 259 g/mol. The second-order valence-electron chi connectivity index (χ2n) is 4.35. The third kappa shape index (κ3) is 2.14. The van der Waals surface area contributed by atoms with Crippen molar-refractivity contribution < 1.29 is 4.79 Å². The second kappa shape index (κ2) is 4.68. The van der Waals surface area contributed by atoms with Crippen molar-refractivity contribution in [3.8, 4) is 0 Å². The molecule has 7 heteroatoms. The largest absolute Gasteiger partial charge is 0.343 e. The summed E-state index contributed by atoms with van der Waals surface area (Å²) in [6.07, 6.45) is 2.16. The lowest BCUT2D eigenvalue weighted by Gasteiger charge is -2.19. The number of hydrogen-bond donors (Lipinski definition) is 1. The Balaban J connectivity index is 1.79. The lowest BCUT2D eigenvalue weighted by molar-refractivity contribution is 0.0753. The van der Waals surface area contributed by atoms with Crippen molar-refractivity contribution in [2.24, 2.45) is 0 Å². The molecule has 3 heterocycles. The zero-order valence-corrected chi connectivity index (χ0v) is 10.2. The summed E-state index contributed by atoms with van der Waals surface area (Å²) in [6.45, 7) is 1.49. The van der Waals surface area contributed by atoms with Gasteiger partial charge in [-0.2, -0.15) is 5.10 Å². The predicted octanol–water partition coefficient (Wildman–Crippen LogP) is -0.335. The summed E-state index contributed by atoms with van der Waals surface area (Å²) in [6, 6.07) is 5.25. The first kappa shape index (κ1) is 11.6. The quantitative estimate of drug-likeness (QED) is 0.759. The Bertz CT molecular complexity index is 646. The van der Waals surface area contributed by atoms with E-state index in [1.165, 1.54) is 0 Å². The van der Waals surface area contributed by atoms with Gasteiger partial charge in [-0.3, -0.25) is 14.3 Å². The smallest absolute Gasteiger partial charge is 0.335 e. The van der Waals surface area contributed by atoms with Crippen molar-refractivity contribution in [1.82, 2.24) is 24.6 Å². The third-order valence-electron chi connectivity index (χ3n) is 3.21. The highest BCUT2D eigenvalue weighted by atomic mass is 16.2. The van der Waals surface area contributed by atoms with E-state index in [2.05, 4.69) is 15.2 Å². The number of hydrogen-bond acceptors (Lipinski definition) is 4. The summed E-state index contributed by atoms with van der Waals surface area (Å²) in [5, 5.41) is 6.38. The minimum Gasteiger partial charge on any atom is -0.335 e. The molecule has 0 aliphatic carbocycles. The van der Waals surface area contributed by atoms with Crippen molar-refractivity contribution >= 4 is 5.91 Å². The van der Waals surface area contributed by atoms with Crippen LogP contribution in [0.4, 0.5) is 0 Å². The van der Waals surface area contributed by atoms with Gasteiger partial charge in [0.1, 0.15) is 11.5 Å². The fourth-order valence-electron chi connectivity index (χ4n) is 2.19. The number of nitrogens with zero attached hydrogens (tertiary/aromatic N) is 4. The molecule has 0 radical (unpaired) electrons. The summed E-state index contributed by atoms with van der Waals surface area (Å²) in [5.74, 6) is 0.587. The summed E-state index contributed by atoms with van der Waals surface area (Å²) in [5.41, 5.74) is 0.207. The molecule has 2 aromatic rings. The number of fused-ring (bicyclic) bond motifs is 1. The number of carbonyl (C=O) groups excluding carboxylic acids is 1. The van der Waals surface area contributed by atoms with Gasteiger partial charge in [0.25, 0.3) is 5.91 Å². The molecule has 0 saturated heterocycles. The molecule has 3 rings (SSSR count). The number of nitrogens with one attached hydrogen (secondary N) is 1. The van der Waals surface area contributed by atoms with Crippen molar-refractivity contribution in [2.75, 3.05) is 13.1 Å². The number of aromatic amines is 1. The molecular formula is C12H13N5O2. The highest BCUT2D eigenvalue weighted by molar-refractivity contribution is 5.92. The van der Waals surface area contributed by atoms with Crippen LogP contribution < -0.4 is 5.69 Å². The minimum atomic E-state index is -0.220.